The SMILES string of the molecule is CNc1nc(Sc2cccc(Cl)c2)c2[nH]cnc2n1. The fourth-order valence-electron chi connectivity index (χ4n) is 1.63. The van der Waals surface area contributed by atoms with Gasteiger partial charge in [0, 0.05) is 17.0 Å². The smallest absolute Gasteiger partial charge is 0.225 e. The van der Waals surface area contributed by atoms with E-state index in [2.05, 4.69) is 25.3 Å². The third-order valence-electron chi connectivity index (χ3n) is 2.49. The van der Waals surface area contributed by atoms with E-state index < -0.39 is 0 Å². The van der Waals surface area contributed by atoms with E-state index >= 15 is 0 Å². The van der Waals surface area contributed by atoms with Crippen LogP contribution in [0.4, 0.5) is 5.95 Å². The van der Waals surface area contributed by atoms with Crippen molar-refractivity contribution in [3.8, 4) is 0 Å². The number of rotatable bonds is 3. The summed E-state index contributed by atoms with van der Waals surface area (Å²) in [4.78, 5) is 16.9. The minimum atomic E-state index is 0.545. The highest BCUT2D eigenvalue weighted by atomic mass is 35.5. The lowest BCUT2D eigenvalue weighted by Crippen LogP contribution is -1.98. The van der Waals surface area contributed by atoms with Crippen LogP contribution < -0.4 is 5.32 Å². The predicted molar refractivity (Wildman–Crippen MR) is 76.8 cm³/mol. The van der Waals surface area contributed by atoms with Crippen molar-refractivity contribution in [2.75, 3.05) is 12.4 Å². The minimum absolute atomic E-state index is 0.545. The maximum atomic E-state index is 5.99. The van der Waals surface area contributed by atoms with E-state index in [-0.39, 0.29) is 0 Å². The predicted octanol–water partition coefficient (Wildman–Crippen LogP) is 3.20. The van der Waals surface area contributed by atoms with Crippen molar-refractivity contribution in [1.82, 2.24) is 19.9 Å². The third kappa shape index (κ3) is 2.50. The topological polar surface area (TPSA) is 66.5 Å². The molecule has 0 amide bonds. The highest BCUT2D eigenvalue weighted by molar-refractivity contribution is 7.99. The lowest BCUT2D eigenvalue weighted by atomic mass is 10.4. The summed E-state index contributed by atoms with van der Waals surface area (Å²) in [5.74, 6) is 0.545. The molecule has 0 fully saturated rings. The van der Waals surface area contributed by atoms with E-state index in [1.165, 1.54) is 11.8 Å². The van der Waals surface area contributed by atoms with Gasteiger partial charge in [0.05, 0.1) is 6.33 Å². The quantitative estimate of drug-likeness (QED) is 0.725. The second-order valence-corrected chi connectivity index (χ2v) is 5.26. The number of H-pyrrole nitrogens is 1. The van der Waals surface area contributed by atoms with Crippen LogP contribution in [0.5, 0.6) is 0 Å². The molecular formula is C12H10ClN5S. The van der Waals surface area contributed by atoms with Gasteiger partial charge in [-0.2, -0.15) is 4.98 Å². The number of aromatic nitrogens is 4. The molecule has 0 bridgehead atoms. The number of hydrogen-bond acceptors (Lipinski definition) is 5. The molecular weight excluding hydrogens is 282 g/mol. The summed E-state index contributed by atoms with van der Waals surface area (Å²) >= 11 is 7.51. The van der Waals surface area contributed by atoms with Gasteiger partial charge in [0.15, 0.2) is 5.65 Å². The molecule has 0 aliphatic rings. The Morgan fingerprint density at radius 3 is 3.00 bits per heavy atom. The number of hydrogen-bond donors (Lipinski definition) is 2. The molecule has 3 aromatic rings. The molecule has 2 heterocycles. The van der Waals surface area contributed by atoms with Crippen LogP contribution in [0, 0.1) is 0 Å². The molecule has 19 heavy (non-hydrogen) atoms. The van der Waals surface area contributed by atoms with Crippen molar-refractivity contribution in [2.45, 2.75) is 9.92 Å². The first kappa shape index (κ1) is 12.3. The van der Waals surface area contributed by atoms with Gasteiger partial charge in [-0.25, -0.2) is 9.97 Å². The van der Waals surface area contributed by atoms with Crippen LogP contribution in [0.15, 0.2) is 40.5 Å². The number of anilines is 1. The average molecular weight is 292 g/mol. The Hall–Kier alpha value is -1.79. The zero-order chi connectivity index (χ0) is 13.2. The normalized spacial score (nSPS) is 10.8. The number of nitrogens with zero attached hydrogens (tertiary/aromatic N) is 3. The summed E-state index contributed by atoms with van der Waals surface area (Å²) in [5, 5.41) is 4.45. The summed E-state index contributed by atoms with van der Waals surface area (Å²) in [6.07, 6.45) is 1.61. The fourth-order valence-corrected chi connectivity index (χ4v) is 2.83. The largest absolute Gasteiger partial charge is 0.357 e. The summed E-state index contributed by atoms with van der Waals surface area (Å²) in [6.45, 7) is 0. The first-order chi connectivity index (χ1) is 9.26. The molecule has 0 unspecified atom stereocenters. The zero-order valence-electron chi connectivity index (χ0n) is 10.0. The van der Waals surface area contributed by atoms with Crippen LogP contribution >= 0.6 is 23.4 Å². The van der Waals surface area contributed by atoms with Gasteiger partial charge in [-0.3, -0.25) is 0 Å². The Morgan fingerprint density at radius 2 is 2.21 bits per heavy atom. The van der Waals surface area contributed by atoms with Gasteiger partial charge in [-0.15, -0.1) is 0 Å². The Bertz CT molecular complexity index is 727. The van der Waals surface area contributed by atoms with Gasteiger partial charge >= 0.3 is 0 Å². The van der Waals surface area contributed by atoms with Crippen molar-refractivity contribution < 1.29 is 0 Å². The molecule has 96 valence electrons. The highest BCUT2D eigenvalue weighted by Crippen LogP contribution is 2.32. The van der Waals surface area contributed by atoms with Crippen LogP contribution in [0.2, 0.25) is 5.02 Å². The molecule has 0 aliphatic carbocycles. The Kier molecular flexibility index (Phi) is 3.27. The van der Waals surface area contributed by atoms with Gasteiger partial charge in [0.25, 0.3) is 0 Å². The maximum Gasteiger partial charge on any atom is 0.225 e. The van der Waals surface area contributed by atoms with E-state index in [1.807, 2.05) is 24.3 Å². The maximum absolute atomic E-state index is 5.99. The molecule has 5 nitrogen and oxygen atoms in total. The van der Waals surface area contributed by atoms with Crippen LogP contribution in [-0.2, 0) is 0 Å². The van der Waals surface area contributed by atoms with Gasteiger partial charge < -0.3 is 10.3 Å². The molecule has 1 aromatic carbocycles. The van der Waals surface area contributed by atoms with Crippen molar-refractivity contribution >= 4 is 40.5 Å². The summed E-state index contributed by atoms with van der Waals surface area (Å²) < 4.78 is 0. The summed E-state index contributed by atoms with van der Waals surface area (Å²) in [6, 6.07) is 7.64. The summed E-state index contributed by atoms with van der Waals surface area (Å²) in [7, 11) is 1.78. The molecule has 2 N–H and O–H groups in total. The minimum Gasteiger partial charge on any atom is -0.357 e. The zero-order valence-corrected chi connectivity index (χ0v) is 11.6. The number of benzene rings is 1. The Morgan fingerprint density at radius 1 is 1.32 bits per heavy atom. The number of halogens is 1. The van der Waals surface area contributed by atoms with Gasteiger partial charge in [-0.1, -0.05) is 29.4 Å². The van der Waals surface area contributed by atoms with Gasteiger partial charge in [0.1, 0.15) is 10.5 Å². The van der Waals surface area contributed by atoms with Crippen LogP contribution in [0.3, 0.4) is 0 Å². The van der Waals surface area contributed by atoms with E-state index in [4.69, 9.17) is 11.6 Å². The van der Waals surface area contributed by atoms with Gasteiger partial charge in [-0.05, 0) is 18.2 Å². The lowest BCUT2D eigenvalue weighted by molar-refractivity contribution is 1.08. The summed E-state index contributed by atoms with van der Waals surface area (Å²) in [5.41, 5.74) is 1.47. The number of aromatic amines is 1. The first-order valence-electron chi connectivity index (χ1n) is 5.58. The average Bonchev–Trinajstić information content (AvgIpc) is 2.87. The molecule has 7 heteroatoms. The Balaban J connectivity index is 2.06. The van der Waals surface area contributed by atoms with Crippen LogP contribution in [0.25, 0.3) is 11.2 Å². The molecule has 3 rings (SSSR count). The molecule has 0 spiro atoms. The molecule has 2 aromatic heterocycles. The van der Waals surface area contributed by atoms with Gasteiger partial charge in [0.2, 0.25) is 5.95 Å². The van der Waals surface area contributed by atoms with Crippen molar-refractivity contribution in [2.24, 2.45) is 0 Å². The molecule has 0 aliphatic heterocycles. The lowest BCUT2D eigenvalue weighted by Gasteiger charge is -2.05. The molecule has 0 saturated carbocycles. The van der Waals surface area contributed by atoms with Crippen molar-refractivity contribution in [3.05, 3.63) is 35.6 Å². The number of fused-ring (bicyclic) bond motifs is 1. The van der Waals surface area contributed by atoms with E-state index in [0.717, 1.165) is 15.4 Å². The second kappa shape index (κ2) is 5.07. The molecule has 0 radical (unpaired) electrons. The van der Waals surface area contributed by atoms with Crippen LogP contribution in [-0.4, -0.2) is 27.0 Å². The number of nitrogens with one attached hydrogen (secondary N) is 2. The third-order valence-corrected chi connectivity index (χ3v) is 3.70. The Labute approximate surface area is 118 Å². The highest BCUT2D eigenvalue weighted by Gasteiger charge is 2.10. The number of imidazole rings is 1. The standard InChI is InChI=1S/C12H10ClN5S/c1-14-12-17-10-9(15-6-16-10)11(18-12)19-8-4-2-3-7(13)5-8/h2-6H,1H3,(H2,14,15,16,17,18). The van der Waals surface area contributed by atoms with E-state index in [9.17, 15) is 0 Å². The molecule has 0 saturated heterocycles. The monoisotopic (exact) mass is 291 g/mol. The van der Waals surface area contributed by atoms with Crippen molar-refractivity contribution in [1.29, 1.82) is 0 Å². The first-order valence-corrected chi connectivity index (χ1v) is 6.78. The van der Waals surface area contributed by atoms with E-state index in [0.29, 0.717) is 16.6 Å². The van der Waals surface area contributed by atoms with E-state index in [1.54, 1.807) is 13.4 Å². The fraction of sp³-hybridized carbons (Fsp3) is 0.0833. The van der Waals surface area contributed by atoms with Crippen molar-refractivity contribution in [3.63, 3.8) is 0 Å². The van der Waals surface area contributed by atoms with Crippen LogP contribution in [0.1, 0.15) is 0 Å². The molecule has 0 atom stereocenters. The second-order valence-electron chi connectivity index (χ2n) is 3.76.